The molecule has 126 valence electrons. The summed E-state index contributed by atoms with van der Waals surface area (Å²) in [6.45, 7) is 7.15. The van der Waals surface area contributed by atoms with Crippen molar-refractivity contribution in [1.82, 2.24) is 30.3 Å². The SMILES string of the molecule is Cc1nc(C)n(CCCNC(=O)c2cc(-c3ccc(C)s3)[nH]n2)n1. The molecule has 0 aliphatic heterocycles. The van der Waals surface area contributed by atoms with Gasteiger partial charge in [-0.15, -0.1) is 11.3 Å². The number of nitrogens with one attached hydrogen (secondary N) is 2. The average molecular weight is 344 g/mol. The van der Waals surface area contributed by atoms with E-state index in [1.165, 1.54) is 4.88 Å². The average Bonchev–Trinajstić information content (AvgIpc) is 3.24. The van der Waals surface area contributed by atoms with Crippen molar-refractivity contribution < 1.29 is 4.79 Å². The van der Waals surface area contributed by atoms with Crippen molar-refractivity contribution in [2.75, 3.05) is 6.54 Å². The number of H-pyrrole nitrogens is 1. The Morgan fingerprint density at radius 1 is 1.33 bits per heavy atom. The Kier molecular flexibility index (Phi) is 4.75. The molecule has 0 fully saturated rings. The summed E-state index contributed by atoms with van der Waals surface area (Å²) in [4.78, 5) is 18.7. The van der Waals surface area contributed by atoms with Gasteiger partial charge in [0, 0.05) is 18.0 Å². The number of rotatable bonds is 6. The minimum absolute atomic E-state index is 0.169. The lowest BCUT2D eigenvalue weighted by Gasteiger charge is -2.04. The molecule has 0 unspecified atom stereocenters. The minimum atomic E-state index is -0.169. The van der Waals surface area contributed by atoms with Gasteiger partial charge in [0.1, 0.15) is 11.6 Å². The van der Waals surface area contributed by atoms with Crippen LogP contribution >= 0.6 is 11.3 Å². The molecule has 24 heavy (non-hydrogen) atoms. The quantitative estimate of drug-likeness (QED) is 0.672. The van der Waals surface area contributed by atoms with E-state index in [-0.39, 0.29) is 5.91 Å². The molecule has 1 amide bonds. The lowest BCUT2D eigenvalue weighted by molar-refractivity contribution is 0.0947. The second kappa shape index (κ2) is 6.96. The molecular weight excluding hydrogens is 324 g/mol. The van der Waals surface area contributed by atoms with Gasteiger partial charge in [-0.1, -0.05) is 0 Å². The summed E-state index contributed by atoms with van der Waals surface area (Å²) in [5.41, 5.74) is 1.27. The summed E-state index contributed by atoms with van der Waals surface area (Å²) < 4.78 is 1.85. The zero-order chi connectivity index (χ0) is 17.1. The zero-order valence-electron chi connectivity index (χ0n) is 14.0. The number of hydrogen-bond acceptors (Lipinski definition) is 5. The van der Waals surface area contributed by atoms with Crippen LogP contribution < -0.4 is 5.32 Å². The Balaban J connectivity index is 1.50. The van der Waals surface area contributed by atoms with Gasteiger partial charge in [-0.05, 0) is 45.4 Å². The molecule has 0 atom stereocenters. The topological polar surface area (TPSA) is 88.5 Å². The van der Waals surface area contributed by atoms with Crippen LogP contribution in [0, 0.1) is 20.8 Å². The van der Waals surface area contributed by atoms with Crippen LogP contribution in [0.1, 0.15) is 33.4 Å². The molecule has 3 aromatic rings. The number of aromatic amines is 1. The highest BCUT2D eigenvalue weighted by Gasteiger charge is 2.12. The molecule has 0 saturated heterocycles. The van der Waals surface area contributed by atoms with Gasteiger partial charge < -0.3 is 5.32 Å². The van der Waals surface area contributed by atoms with Crippen LogP contribution in [0.15, 0.2) is 18.2 Å². The summed E-state index contributed by atoms with van der Waals surface area (Å²) >= 11 is 1.67. The van der Waals surface area contributed by atoms with E-state index in [1.54, 1.807) is 17.4 Å². The van der Waals surface area contributed by atoms with Crippen LogP contribution in [0.4, 0.5) is 0 Å². The maximum Gasteiger partial charge on any atom is 0.271 e. The Morgan fingerprint density at radius 3 is 2.83 bits per heavy atom. The van der Waals surface area contributed by atoms with E-state index in [4.69, 9.17) is 0 Å². The first-order valence-electron chi connectivity index (χ1n) is 7.81. The second-order valence-electron chi connectivity index (χ2n) is 5.62. The van der Waals surface area contributed by atoms with Crippen molar-refractivity contribution in [2.45, 2.75) is 33.7 Å². The Labute approximate surface area is 144 Å². The van der Waals surface area contributed by atoms with Crippen LogP contribution in [0.5, 0.6) is 0 Å². The Hall–Kier alpha value is -2.48. The number of nitrogens with zero attached hydrogens (tertiary/aromatic N) is 4. The maximum atomic E-state index is 12.2. The van der Waals surface area contributed by atoms with Crippen LogP contribution in [-0.4, -0.2) is 37.4 Å². The van der Waals surface area contributed by atoms with E-state index in [2.05, 4.69) is 38.6 Å². The van der Waals surface area contributed by atoms with Gasteiger partial charge in [-0.3, -0.25) is 14.6 Å². The molecule has 0 radical (unpaired) electrons. The van der Waals surface area contributed by atoms with Crippen LogP contribution in [0.25, 0.3) is 10.6 Å². The zero-order valence-corrected chi connectivity index (χ0v) is 14.8. The molecule has 2 N–H and O–H groups in total. The van der Waals surface area contributed by atoms with E-state index >= 15 is 0 Å². The highest BCUT2D eigenvalue weighted by atomic mass is 32.1. The van der Waals surface area contributed by atoms with Crippen molar-refractivity contribution >= 4 is 17.2 Å². The first kappa shape index (κ1) is 16.4. The van der Waals surface area contributed by atoms with Crippen molar-refractivity contribution in [2.24, 2.45) is 0 Å². The number of hydrogen-bond donors (Lipinski definition) is 2. The molecule has 0 saturated carbocycles. The third-order valence-corrected chi connectivity index (χ3v) is 4.65. The molecule has 3 heterocycles. The van der Waals surface area contributed by atoms with Gasteiger partial charge in [-0.25, -0.2) is 4.98 Å². The molecule has 0 aromatic carbocycles. The number of thiophene rings is 1. The van der Waals surface area contributed by atoms with Gasteiger partial charge in [0.25, 0.3) is 5.91 Å². The Bertz CT molecular complexity index is 847. The van der Waals surface area contributed by atoms with Gasteiger partial charge >= 0.3 is 0 Å². The summed E-state index contributed by atoms with van der Waals surface area (Å²) in [5, 5.41) is 14.2. The lowest BCUT2D eigenvalue weighted by Crippen LogP contribution is -2.25. The Morgan fingerprint density at radius 2 is 2.17 bits per heavy atom. The third-order valence-electron chi connectivity index (χ3n) is 3.61. The van der Waals surface area contributed by atoms with Gasteiger partial charge in [-0.2, -0.15) is 10.2 Å². The fourth-order valence-corrected chi connectivity index (χ4v) is 3.27. The third kappa shape index (κ3) is 3.70. The van der Waals surface area contributed by atoms with Crippen molar-refractivity contribution in [1.29, 1.82) is 0 Å². The first-order valence-corrected chi connectivity index (χ1v) is 8.63. The predicted octanol–water partition coefficient (Wildman–Crippen LogP) is 2.48. The van der Waals surface area contributed by atoms with Crippen molar-refractivity contribution in [3.05, 3.63) is 40.4 Å². The molecule has 3 rings (SSSR count). The molecule has 0 spiro atoms. The molecule has 7 nitrogen and oxygen atoms in total. The molecule has 8 heteroatoms. The summed E-state index contributed by atoms with van der Waals surface area (Å²) in [5.74, 6) is 1.49. The highest BCUT2D eigenvalue weighted by molar-refractivity contribution is 7.15. The van der Waals surface area contributed by atoms with Gasteiger partial charge in [0.15, 0.2) is 5.69 Å². The maximum absolute atomic E-state index is 12.2. The predicted molar refractivity (Wildman–Crippen MR) is 93.1 cm³/mol. The molecule has 0 aliphatic rings. The first-order chi connectivity index (χ1) is 11.5. The number of amides is 1. The number of carbonyl (C=O) groups is 1. The smallest absolute Gasteiger partial charge is 0.271 e. The monoisotopic (exact) mass is 344 g/mol. The number of aromatic nitrogens is 5. The van der Waals surface area contributed by atoms with Crippen LogP contribution in [0.2, 0.25) is 0 Å². The van der Waals surface area contributed by atoms with E-state index in [0.717, 1.165) is 35.2 Å². The standard InChI is InChI=1S/C16H20N6OS/c1-10-5-6-15(24-10)13-9-14(20-19-13)16(23)17-7-4-8-22-12(3)18-11(2)21-22/h5-6,9H,4,7-8H2,1-3H3,(H,17,23)(H,19,20). The fraction of sp³-hybridized carbons (Fsp3) is 0.375. The van der Waals surface area contributed by atoms with E-state index < -0.39 is 0 Å². The lowest BCUT2D eigenvalue weighted by atomic mass is 10.3. The number of carbonyl (C=O) groups excluding carboxylic acids is 1. The van der Waals surface area contributed by atoms with Crippen molar-refractivity contribution in [3.8, 4) is 10.6 Å². The van der Waals surface area contributed by atoms with E-state index in [9.17, 15) is 4.79 Å². The van der Waals surface area contributed by atoms with Crippen molar-refractivity contribution in [3.63, 3.8) is 0 Å². The summed E-state index contributed by atoms with van der Waals surface area (Å²) in [6, 6.07) is 5.86. The molecule has 3 aromatic heterocycles. The number of aryl methyl sites for hydroxylation is 4. The molecular formula is C16H20N6OS. The molecule has 0 aliphatic carbocycles. The van der Waals surface area contributed by atoms with E-state index in [0.29, 0.717) is 12.2 Å². The minimum Gasteiger partial charge on any atom is -0.351 e. The fourth-order valence-electron chi connectivity index (χ4n) is 2.44. The highest BCUT2D eigenvalue weighted by Crippen LogP contribution is 2.26. The van der Waals surface area contributed by atoms with E-state index in [1.807, 2.05) is 24.6 Å². The molecule has 0 bridgehead atoms. The van der Waals surface area contributed by atoms with Crippen LogP contribution in [-0.2, 0) is 6.54 Å². The largest absolute Gasteiger partial charge is 0.351 e. The normalized spacial score (nSPS) is 11.0. The second-order valence-corrected chi connectivity index (χ2v) is 6.90. The van der Waals surface area contributed by atoms with Gasteiger partial charge in [0.05, 0.1) is 10.6 Å². The summed E-state index contributed by atoms with van der Waals surface area (Å²) in [6.07, 6.45) is 0.788. The summed E-state index contributed by atoms with van der Waals surface area (Å²) in [7, 11) is 0. The van der Waals surface area contributed by atoms with Crippen LogP contribution in [0.3, 0.4) is 0 Å². The van der Waals surface area contributed by atoms with Gasteiger partial charge in [0.2, 0.25) is 0 Å².